The molecule has 2 aromatic rings. The van der Waals surface area contributed by atoms with E-state index in [1.165, 1.54) is 31.5 Å². The second-order valence-electron chi connectivity index (χ2n) is 7.53. The molecule has 1 aromatic heterocycles. The van der Waals surface area contributed by atoms with E-state index in [1.807, 2.05) is 0 Å². The van der Waals surface area contributed by atoms with Crippen LogP contribution >= 0.6 is 11.3 Å². The summed E-state index contributed by atoms with van der Waals surface area (Å²) < 4.78 is 41.5. The van der Waals surface area contributed by atoms with Crippen molar-refractivity contribution in [2.24, 2.45) is 0 Å². The predicted octanol–water partition coefficient (Wildman–Crippen LogP) is 3.78. The lowest BCUT2D eigenvalue weighted by Gasteiger charge is -2.20. The van der Waals surface area contributed by atoms with Gasteiger partial charge in [-0.15, -0.1) is 17.9 Å². The van der Waals surface area contributed by atoms with E-state index in [0.717, 1.165) is 56.4 Å². The average molecular weight is 450 g/mol. The van der Waals surface area contributed by atoms with Crippen molar-refractivity contribution in [3.63, 3.8) is 0 Å². The summed E-state index contributed by atoms with van der Waals surface area (Å²) in [7, 11) is -3.98. The van der Waals surface area contributed by atoms with Crippen molar-refractivity contribution < 1.29 is 17.6 Å². The quantitative estimate of drug-likeness (QED) is 0.630. The van der Waals surface area contributed by atoms with Gasteiger partial charge in [0, 0.05) is 30.1 Å². The third-order valence-corrected chi connectivity index (χ3v) is 8.58. The van der Waals surface area contributed by atoms with Crippen molar-refractivity contribution >= 4 is 32.4 Å². The van der Waals surface area contributed by atoms with E-state index in [9.17, 15) is 17.6 Å². The number of sulfonamides is 1. The third-order valence-electron chi connectivity index (χ3n) is 5.48. The number of rotatable bonds is 6. The number of carbonyl (C=O) groups is 1. The molecule has 0 saturated carbocycles. The number of benzene rings is 1. The highest BCUT2D eigenvalue weighted by molar-refractivity contribution is 7.89. The number of fused-ring (bicyclic) bond motifs is 1. The first-order chi connectivity index (χ1) is 14.4. The number of amides is 1. The molecule has 9 heteroatoms. The molecule has 1 fully saturated rings. The molecule has 1 aliphatic carbocycles. The van der Waals surface area contributed by atoms with Gasteiger partial charge in [0.25, 0.3) is 5.91 Å². The molecule has 1 amide bonds. The van der Waals surface area contributed by atoms with Gasteiger partial charge < -0.3 is 0 Å². The summed E-state index contributed by atoms with van der Waals surface area (Å²) in [6.45, 7) is 4.70. The summed E-state index contributed by atoms with van der Waals surface area (Å²) in [5, 5.41) is 0.570. The van der Waals surface area contributed by atoms with E-state index in [4.69, 9.17) is 0 Å². The number of halogens is 1. The Morgan fingerprint density at radius 2 is 1.97 bits per heavy atom. The van der Waals surface area contributed by atoms with Crippen molar-refractivity contribution in [1.82, 2.24) is 9.29 Å². The average Bonchev–Trinajstić information content (AvgIpc) is 3.41. The molecule has 2 aliphatic rings. The molecule has 160 valence electrons. The van der Waals surface area contributed by atoms with E-state index in [-0.39, 0.29) is 12.1 Å². The van der Waals surface area contributed by atoms with Gasteiger partial charge >= 0.3 is 0 Å². The van der Waals surface area contributed by atoms with E-state index in [1.54, 1.807) is 6.08 Å². The van der Waals surface area contributed by atoms with Crippen LogP contribution in [0.2, 0.25) is 0 Å². The van der Waals surface area contributed by atoms with Crippen molar-refractivity contribution in [3.8, 4) is 0 Å². The van der Waals surface area contributed by atoms with Crippen LogP contribution in [0.25, 0.3) is 0 Å². The summed E-state index contributed by atoms with van der Waals surface area (Å²) in [5.74, 6) is -1.27. The molecule has 4 rings (SSSR count). The Bertz CT molecular complexity index is 1050. The standard InChI is InChI=1S/C21H24FN3O3S2/c1-2-11-25(21-23-17-7-3-4-8-18(17)29-21)20(26)15-9-10-16(22)19(14-15)30(27,28)24-12-5-6-13-24/h2,9-10,14H,1,3-8,11-13H2. The molecule has 0 N–H and O–H groups in total. The van der Waals surface area contributed by atoms with Crippen LogP contribution in [0.5, 0.6) is 0 Å². The van der Waals surface area contributed by atoms with Crippen LogP contribution < -0.4 is 4.90 Å². The second kappa shape index (κ2) is 8.56. The minimum Gasteiger partial charge on any atom is -0.280 e. The largest absolute Gasteiger partial charge is 0.280 e. The molecular weight excluding hydrogens is 425 g/mol. The monoisotopic (exact) mass is 449 g/mol. The van der Waals surface area contributed by atoms with Gasteiger partial charge in [-0.05, 0) is 56.7 Å². The normalized spacial score (nSPS) is 17.0. The molecule has 1 aliphatic heterocycles. The van der Waals surface area contributed by atoms with Crippen molar-refractivity contribution in [2.45, 2.75) is 43.4 Å². The first-order valence-electron chi connectivity index (χ1n) is 10.1. The van der Waals surface area contributed by atoms with Crippen LogP contribution in [0.3, 0.4) is 0 Å². The molecule has 2 heterocycles. The zero-order valence-electron chi connectivity index (χ0n) is 16.6. The Morgan fingerprint density at radius 1 is 1.23 bits per heavy atom. The van der Waals surface area contributed by atoms with Gasteiger partial charge in [0.2, 0.25) is 10.0 Å². The van der Waals surface area contributed by atoms with Gasteiger partial charge in [-0.3, -0.25) is 9.69 Å². The Labute approximate surface area is 180 Å². The molecule has 0 spiro atoms. The number of thiazole rings is 1. The molecular formula is C21H24FN3O3S2. The summed E-state index contributed by atoms with van der Waals surface area (Å²) in [5.41, 5.74) is 1.14. The fourth-order valence-corrected chi connectivity index (χ4v) is 6.65. The molecule has 6 nitrogen and oxygen atoms in total. The van der Waals surface area contributed by atoms with Crippen molar-refractivity contribution in [3.05, 3.63) is 52.8 Å². The Hall–Kier alpha value is -2.10. The Kier molecular flexibility index (Phi) is 6.04. The Morgan fingerprint density at radius 3 is 2.67 bits per heavy atom. The van der Waals surface area contributed by atoms with E-state index >= 15 is 0 Å². The zero-order chi connectivity index (χ0) is 21.3. The maximum absolute atomic E-state index is 14.5. The molecule has 0 atom stereocenters. The third kappa shape index (κ3) is 3.93. The van der Waals surface area contributed by atoms with Gasteiger partial charge in [-0.2, -0.15) is 4.31 Å². The van der Waals surface area contributed by atoms with Gasteiger partial charge in [0.15, 0.2) is 5.13 Å². The van der Waals surface area contributed by atoms with Crippen LogP contribution in [-0.2, 0) is 22.9 Å². The number of aryl methyl sites for hydroxylation is 2. The number of aromatic nitrogens is 1. The molecule has 30 heavy (non-hydrogen) atoms. The number of hydrogen-bond donors (Lipinski definition) is 0. The molecule has 1 saturated heterocycles. The van der Waals surface area contributed by atoms with Crippen molar-refractivity contribution in [2.75, 3.05) is 24.5 Å². The lowest BCUT2D eigenvalue weighted by Crippen LogP contribution is -2.32. The Balaban J connectivity index is 1.68. The van der Waals surface area contributed by atoms with Crippen LogP contribution in [0, 0.1) is 5.82 Å². The van der Waals surface area contributed by atoms with Gasteiger partial charge in [0.05, 0.1) is 5.69 Å². The highest BCUT2D eigenvalue weighted by atomic mass is 32.2. The van der Waals surface area contributed by atoms with Gasteiger partial charge in [-0.25, -0.2) is 17.8 Å². The van der Waals surface area contributed by atoms with Crippen LogP contribution in [0.15, 0.2) is 35.7 Å². The maximum Gasteiger partial charge on any atom is 0.260 e. The first kappa shape index (κ1) is 21.1. The number of hydrogen-bond acceptors (Lipinski definition) is 5. The topological polar surface area (TPSA) is 70.6 Å². The molecule has 1 aromatic carbocycles. The summed E-state index contributed by atoms with van der Waals surface area (Å²) in [6, 6.07) is 3.52. The molecule has 0 unspecified atom stereocenters. The summed E-state index contributed by atoms with van der Waals surface area (Å²) in [6.07, 6.45) is 7.15. The predicted molar refractivity (Wildman–Crippen MR) is 115 cm³/mol. The van der Waals surface area contributed by atoms with Crippen LogP contribution in [0.1, 0.15) is 46.6 Å². The van der Waals surface area contributed by atoms with Crippen LogP contribution in [-0.4, -0.2) is 43.2 Å². The van der Waals surface area contributed by atoms with Gasteiger partial charge in [-0.1, -0.05) is 6.08 Å². The minimum atomic E-state index is -3.98. The number of carbonyl (C=O) groups excluding carboxylic acids is 1. The lowest BCUT2D eigenvalue weighted by atomic mass is 10.0. The lowest BCUT2D eigenvalue weighted by molar-refractivity contribution is 0.0989. The minimum absolute atomic E-state index is 0.115. The van der Waals surface area contributed by atoms with E-state index in [0.29, 0.717) is 18.2 Å². The maximum atomic E-state index is 14.5. The molecule has 0 radical (unpaired) electrons. The number of anilines is 1. The van der Waals surface area contributed by atoms with E-state index < -0.39 is 26.6 Å². The summed E-state index contributed by atoms with van der Waals surface area (Å²) in [4.78, 5) is 20.1. The zero-order valence-corrected chi connectivity index (χ0v) is 18.3. The second-order valence-corrected chi connectivity index (χ2v) is 10.5. The SMILES string of the molecule is C=CCN(C(=O)c1ccc(F)c(S(=O)(=O)N2CCCC2)c1)c1nc2c(s1)CCCC2. The highest BCUT2D eigenvalue weighted by Gasteiger charge is 2.31. The highest BCUT2D eigenvalue weighted by Crippen LogP contribution is 2.33. The smallest absolute Gasteiger partial charge is 0.260 e. The van der Waals surface area contributed by atoms with E-state index in [2.05, 4.69) is 11.6 Å². The first-order valence-corrected chi connectivity index (χ1v) is 12.4. The van der Waals surface area contributed by atoms with Gasteiger partial charge in [0.1, 0.15) is 10.7 Å². The van der Waals surface area contributed by atoms with Crippen molar-refractivity contribution in [1.29, 1.82) is 0 Å². The van der Waals surface area contributed by atoms with Crippen LogP contribution in [0.4, 0.5) is 9.52 Å². The fourth-order valence-electron chi connectivity index (χ4n) is 3.89. The number of nitrogens with zero attached hydrogens (tertiary/aromatic N) is 3. The fraction of sp³-hybridized carbons (Fsp3) is 0.429. The molecule has 0 bridgehead atoms. The summed E-state index contributed by atoms with van der Waals surface area (Å²) >= 11 is 1.49.